The van der Waals surface area contributed by atoms with Crippen LogP contribution in [0.2, 0.25) is 18.1 Å². The zero-order chi connectivity index (χ0) is 18.8. The van der Waals surface area contributed by atoms with Crippen molar-refractivity contribution in [3.05, 3.63) is 18.5 Å². The summed E-state index contributed by atoms with van der Waals surface area (Å²) in [7, 11) is -2.02. The number of amides is 1. The van der Waals surface area contributed by atoms with Crippen molar-refractivity contribution in [3.8, 4) is 0 Å². The minimum atomic E-state index is -2.02. The SMILES string of the molecule is CC(C)(C)[Si](C)(C)O[C@@H]1CCNC[C@H]1N(C(=O)O)c1ccncc1N. The fourth-order valence-corrected chi connectivity index (χ4v) is 4.20. The fraction of sp³-hybridized carbons (Fsp3) is 0.647. The third-order valence-corrected chi connectivity index (χ3v) is 9.77. The second kappa shape index (κ2) is 7.31. The van der Waals surface area contributed by atoms with Gasteiger partial charge in [-0.15, -0.1) is 0 Å². The number of nitrogens with one attached hydrogen (secondary N) is 1. The molecule has 1 amide bonds. The van der Waals surface area contributed by atoms with Gasteiger partial charge in [-0.2, -0.15) is 0 Å². The van der Waals surface area contributed by atoms with E-state index in [2.05, 4.69) is 44.2 Å². The number of nitrogens with zero attached hydrogens (tertiary/aromatic N) is 2. The van der Waals surface area contributed by atoms with E-state index in [4.69, 9.17) is 10.2 Å². The second-order valence-electron chi connectivity index (χ2n) is 8.06. The van der Waals surface area contributed by atoms with Crippen LogP contribution in [0.4, 0.5) is 16.2 Å². The van der Waals surface area contributed by atoms with Crippen molar-refractivity contribution in [3.63, 3.8) is 0 Å². The Morgan fingerprint density at radius 1 is 1.48 bits per heavy atom. The van der Waals surface area contributed by atoms with E-state index in [1.807, 2.05) is 0 Å². The molecule has 1 aliphatic rings. The van der Waals surface area contributed by atoms with E-state index in [1.54, 1.807) is 12.3 Å². The quantitative estimate of drug-likeness (QED) is 0.708. The molecule has 0 bridgehead atoms. The lowest BCUT2D eigenvalue weighted by Crippen LogP contribution is -2.60. The number of hydrogen-bond acceptors (Lipinski definition) is 5. The summed E-state index contributed by atoms with van der Waals surface area (Å²) in [6.07, 6.45) is 2.61. The minimum absolute atomic E-state index is 0.0617. The second-order valence-corrected chi connectivity index (χ2v) is 12.8. The summed E-state index contributed by atoms with van der Waals surface area (Å²) in [4.78, 5) is 17.3. The van der Waals surface area contributed by atoms with Crippen LogP contribution in [-0.4, -0.2) is 49.7 Å². The lowest BCUT2D eigenvalue weighted by molar-refractivity contribution is 0.116. The average molecular weight is 367 g/mol. The Bertz CT molecular complexity index is 618. The van der Waals surface area contributed by atoms with Gasteiger partial charge >= 0.3 is 6.09 Å². The minimum Gasteiger partial charge on any atom is -0.465 e. The first kappa shape index (κ1) is 19.7. The molecule has 8 heteroatoms. The summed E-state index contributed by atoms with van der Waals surface area (Å²) in [5, 5.41) is 13.2. The van der Waals surface area contributed by atoms with E-state index in [-0.39, 0.29) is 17.2 Å². The maximum absolute atomic E-state index is 12.0. The van der Waals surface area contributed by atoms with Gasteiger partial charge in [0.1, 0.15) is 0 Å². The third kappa shape index (κ3) is 4.31. The van der Waals surface area contributed by atoms with Crippen LogP contribution in [-0.2, 0) is 4.43 Å². The van der Waals surface area contributed by atoms with Crippen molar-refractivity contribution in [2.24, 2.45) is 0 Å². The molecule has 0 aliphatic carbocycles. The molecule has 0 unspecified atom stereocenters. The fourth-order valence-electron chi connectivity index (χ4n) is 2.81. The number of nitrogens with two attached hydrogens (primary N) is 1. The number of carboxylic acid groups (broad SMARTS) is 1. The molecule has 1 saturated heterocycles. The van der Waals surface area contributed by atoms with E-state index in [0.29, 0.717) is 17.9 Å². The molecule has 140 valence electrons. The molecule has 7 nitrogen and oxygen atoms in total. The van der Waals surface area contributed by atoms with Crippen LogP contribution in [0, 0.1) is 0 Å². The van der Waals surface area contributed by atoms with Crippen molar-refractivity contribution < 1.29 is 14.3 Å². The Balaban J connectivity index is 2.35. The predicted octanol–water partition coefficient (Wildman–Crippen LogP) is 2.90. The molecule has 2 rings (SSSR count). The Morgan fingerprint density at radius 2 is 2.16 bits per heavy atom. The van der Waals surface area contributed by atoms with Crippen LogP contribution in [0.15, 0.2) is 18.5 Å². The van der Waals surface area contributed by atoms with Gasteiger partial charge < -0.3 is 20.6 Å². The third-order valence-electron chi connectivity index (χ3n) is 5.27. The average Bonchev–Trinajstić information content (AvgIpc) is 2.49. The molecule has 2 heterocycles. The Labute approximate surface area is 150 Å². The Morgan fingerprint density at radius 3 is 2.72 bits per heavy atom. The van der Waals surface area contributed by atoms with Crippen molar-refractivity contribution in [2.75, 3.05) is 23.7 Å². The van der Waals surface area contributed by atoms with Gasteiger partial charge in [0.2, 0.25) is 0 Å². The van der Waals surface area contributed by atoms with Gasteiger partial charge in [0.15, 0.2) is 8.32 Å². The Kier molecular flexibility index (Phi) is 5.75. The number of aromatic nitrogens is 1. The van der Waals surface area contributed by atoms with Gasteiger partial charge in [-0.05, 0) is 37.2 Å². The number of anilines is 2. The number of nitrogen functional groups attached to an aromatic ring is 1. The standard InChI is InChI=1S/C17H30N4O3Si/c1-17(2,3)25(4,5)24-15-7-9-20-11-14(15)21(16(22)23)13-6-8-19-10-12(13)18/h6,8,10,14-15,20H,7,9,11,18H2,1-5H3,(H,22,23)/t14-,15-/m1/s1. The first-order valence-electron chi connectivity index (χ1n) is 8.65. The molecule has 1 fully saturated rings. The highest BCUT2D eigenvalue weighted by Crippen LogP contribution is 2.39. The summed E-state index contributed by atoms with van der Waals surface area (Å²) >= 11 is 0. The highest BCUT2D eigenvalue weighted by molar-refractivity contribution is 6.74. The summed E-state index contributed by atoms with van der Waals surface area (Å²) < 4.78 is 6.59. The van der Waals surface area contributed by atoms with Crippen molar-refractivity contribution >= 4 is 25.8 Å². The monoisotopic (exact) mass is 366 g/mol. The van der Waals surface area contributed by atoms with Crippen LogP contribution in [0.1, 0.15) is 27.2 Å². The molecule has 25 heavy (non-hydrogen) atoms. The topological polar surface area (TPSA) is 101 Å². The molecular formula is C17H30N4O3Si. The smallest absolute Gasteiger partial charge is 0.412 e. The summed E-state index contributed by atoms with van der Waals surface area (Å²) in [5.41, 5.74) is 6.79. The van der Waals surface area contributed by atoms with Crippen LogP contribution in [0.5, 0.6) is 0 Å². The Hall–Kier alpha value is -1.64. The summed E-state index contributed by atoms with van der Waals surface area (Å²) in [6.45, 7) is 12.3. The van der Waals surface area contributed by atoms with Crippen LogP contribution in [0.3, 0.4) is 0 Å². The molecule has 1 aromatic heterocycles. The molecule has 0 radical (unpaired) electrons. The lowest BCUT2D eigenvalue weighted by Gasteiger charge is -2.45. The van der Waals surface area contributed by atoms with Crippen molar-refractivity contribution in [2.45, 2.75) is 57.5 Å². The zero-order valence-corrected chi connectivity index (χ0v) is 16.7. The maximum Gasteiger partial charge on any atom is 0.412 e. The van der Waals surface area contributed by atoms with Crippen LogP contribution in [0.25, 0.3) is 0 Å². The van der Waals surface area contributed by atoms with Gasteiger partial charge in [0.25, 0.3) is 0 Å². The predicted molar refractivity (Wildman–Crippen MR) is 102 cm³/mol. The molecule has 0 spiro atoms. The van der Waals surface area contributed by atoms with Gasteiger partial charge in [-0.3, -0.25) is 9.88 Å². The number of hydrogen-bond donors (Lipinski definition) is 3. The number of rotatable bonds is 4. The highest BCUT2D eigenvalue weighted by Gasteiger charge is 2.43. The van der Waals surface area contributed by atoms with Crippen LogP contribution < -0.4 is 16.0 Å². The van der Waals surface area contributed by atoms with Crippen molar-refractivity contribution in [1.29, 1.82) is 0 Å². The number of pyridine rings is 1. The van der Waals surface area contributed by atoms with E-state index < -0.39 is 14.4 Å². The van der Waals surface area contributed by atoms with Crippen molar-refractivity contribution in [1.82, 2.24) is 10.3 Å². The van der Waals surface area contributed by atoms with Crippen LogP contribution >= 0.6 is 0 Å². The van der Waals surface area contributed by atoms with Gasteiger partial charge in [0.05, 0.1) is 29.7 Å². The highest BCUT2D eigenvalue weighted by atomic mass is 28.4. The zero-order valence-electron chi connectivity index (χ0n) is 15.7. The summed E-state index contributed by atoms with van der Waals surface area (Å²) in [6, 6.07) is 1.31. The maximum atomic E-state index is 12.0. The molecule has 0 saturated carbocycles. The van der Waals surface area contributed by atoms with E-state index in [9.17, 15) is 9.90 Å². The molecule has 2 atom stereocenters. The molecule has 4 N–H and O–H groups in total. The lowest BCUT2D eigenvalue weighted by atomic mass is 10.0. The van der Waals surface area contributed by atoms with Gasteiger partial charge in [-0.25, -0.2) is 4.79 Å². The largest absolute Gasteiger partial charge is 0.465 e. The molecule has 0 aromatic carbocycles. The first-order chi connectivity index (χ1) is 11.5. The molecular weight excluding hydrogens is 336 g/mol. The first-order valence-corrected chi connectivity index (χ1v) is 11.6. The van der Waals surface area contributed by atoms with E-state index in [1.165, 1.54) is 11.1 Å². The number of carbonyl (C=O) groups is 1. The van der Waals surface area contributed by atoms with Gasteiger partial charge in [-0.1, -0.05) is 20.8 Å². The number of piperidine rings is 1. The molecule has 1 aromatic rings. The van der Waals surface area contributed by atoms with E-state index in [0.717, 1.165) is 13.0 Å². The molecule has 1 aliphatic heterocycles. The normalized spacial score (nSPS) is 21.8. The summed E-state index contributed by atoms with van der Waals surface area (Å²) in [5.74, 6) is 0. The van der Waals surface area contributed by atoms with Gasteiger partial charge in [0, 0.05) is 12.7 Å². The van der Waals surface area contributed by atoms with E-state index >= 15 is 0 Å².